The first-order valence-electron chi connectivity index (χ1n) is 6.44. The number of rotatable bonds is 4. The van der Waals surface area contributed by atoms with Crippen LogP contribution >= 0.6 is 0 Å². The maximum Gasteiger partial charge on any atom is 0.344 e. The number of esters is 2. The molecule has 1 heterocycles. The van der Waals surface area contributed by atoms with Gasteiger partial charge in [0, 0.05) is 17.9 Å². The van der Waals surface area contributed by atoms with Crippen molar-refractivity contribution >= 4 is 22.1 Å². The second-order valence-electron chi connectivity index (χ2n) is 5.38. The van der Waals surface area contributed by atoms with Gasteiger partial charge >= 0.3 is 11.9 Å². The molecule has 0 amide bonds. The average molecular weight is 314 g/mol. The van der Waals surface area contributed by atoms with Crippen LogP contribution in [0.5, 0.6) is 0 Å². The van der Waals surface area contributed by atoms with Gasteiger partial charge in [-0.1, -0.05) is 12.7 Å². The fourth-order valence-electron chi connectivity index (χ4n) is 2.97. The van der Waals surface area contributed by atoms with Crippen molar-refractivity contribution < 1.29 is 31.7 Å². The molecule has 0 aromatic carbocycles. The Bertz CT molecular complexity index is 660. The molecule has 4 unspecified atom stereocenters. The summed E-state index contributed by atoms with van der Waals surface area (Å²) in [6, 6.07) is 0. The lowest BCUT2D eigenvalue weighted by molar-refractivity contribution is -0.159. The third-order valence-electron chi connectivity index (χ3n) is 3.83. The molecule has 114 valence electrons. The van der Waals surface area contributed by atoms with Crippen LogP contribution in [0.15, 0.2) is 23.8 Å². The van der Waals surface area contributed by atoms with Gasteiger partial charge in [0.1, 0.15) is 11.4 Å². The minimum Gasteiger partial charge on any atom is -0.454 e. The molecule has 3 rings (SSSR count). The molecule has 0 N–H and O–H groups in total. The molecule has 1 saturated heterocycles. The van der Waals surface area contributed by atoms with Gasteiger partial charge in [-0.25, -0.2) is 9.59 Å². The average Bonchev–Trinajstić information content (AvgIpc) is 2.96. The highest BCUT2D eigenvalue weighted by Crippen LogP contribution is 2.51. The van der Waals surface area contributed by atoms with Crippen LogP contribution in [0.2, 0.25) is 0 Å². The van der Waals surface area contributed by atoms with Crippen molar-refractivity contribution in [2.45, 2.75) is 30.8 Å². The number of hydrogen-bond acceptors (Lipinski definition) is 7. The van der Waals surface area contributed by atoms with Crippen LogP contribution in [0.3, 0.4) is 0 Å². The fraction of sp³-hybridized carbons (Fsp3) is 0.538. The van der Waals surface area contributed by atoms with E-state index in [0.717, 1.165) is 5.57 Å². The minimum absolute atomic E-state index is 0.167. The number of carbonyl (C=O) groups excluding carboxylic acids is 2. The van der Waals surface area contributed by atoms with E-state index < -0.39 is 40.0 Å². The van der Waals surface area contributed by atoms with E-state index in [1.54, 1.807) is 6.08 Å². The molecule has 4 atom stereocenters. The third-order valence-corrected chi connectivity index (χ3v) is 5.58. The van der Waals surface area contributed by atoms with E-state index in [1.807, 2.05) is 0 Å². The van der Waals surface area contributed by atoms with E-state index in [1.165, 1.54) is 6.92 Å². The molecule has 2 bridgehead atoms. The number of hydrogen-bond donors (Lipinski definition) is 0. The highest BCUT2D eigenvalue weighted by Gasteiger charge is 2.62. The zero-order chi connectivity index (χ0) is 15.4. The molecule has 1 fully saturated rings. The highest BCUT2D eigenvalue weighted by atomic mass is 32.2. The molecule has 0 aromatic heterocycles. The van der Waals surface area contributed by atoms with E-state index >= 15 is 0 Å². The summed E-state index contributed by atoms with van der Waals surface area (Å²) in [7, 11) is -3.72. The van der Waals surface area contributed by atoms with Crippen LogP contribution in [0, 0.1) is 5.92 Å². The Labute approximate surface area is 121 Å². The largest absolute Gasteiger partial charge is 0.454 e. The number of carbonyl (C=O) groups is 2. The fourth-order valence-corrected chi connectivity index (χ4v) is 4.81. The van der Waals surface area contributed by atoms with Crippen molar-refractivity contribution in [3.05, 3.63) is 23.8 Å². The van der Waals surface area contributed by atoms with Crippen molar-refractivity contribution in [3.63, 3.8) is 0 Å². The molecule has 0 saturated carbocycles. The SMILES string of the molecule is C=C(C)C(=O)OCC(=O)OC1C2=CC3C(C2)OS(=O)(=O)C13. The smallest absolute Gasteiger partial charge is 0.344 e. The van der Waals surface area contributed by atoms with Gasteiger partial charge in [0.25, 0.3) is 10.1 Å². The predicted molar refractivity (Wildman–Crippen MR) is 69.4 cm³/mol. The predicted octanol–water partition coefficient (Wildman–Crippen LogP) is 0.0746. The van der Waals surface area contributed by atoms with E-state index in [-0.39, 0.29) is 17.6 Å². The molecule has 3 aliphatic rings. The summed E-state index contributed by atoms with van der Waals surface area (Å²) >= 11 is 0. The standard InChI is InChI=1S/C13H14O7S/c1-6(2)13(15)18-5-10(14)19-11-7-3-8-9(4-7)20-21(16,17)12(8)11/h3,8-9,11-12H,1,4-5H2,2H3. The van der Waals surface area contributed by atoms with Crippen molar-refractivity contribution in [2.75, 3.05) is 6.61 Å². The summed E-state index contributed by atoms with van der Waals surface area (Å²) in [6.45, 7) is 4.27. The molecule has 8 heteroatoms. The van der Waals surface area contributed by atoms with Gasteiger partial charge in [0.2, 0.25) is 0 Å². The van der Waals surface area contributed by atoms with Gasteiger partial charge in [0.15, 0.2) is 6.61 Å². The Kier molecular flexibility index (Phi) is 3.18. The molecule has 0 aromatic rings. The zero-order valence-corrected chi connectivity index (χ0v) is 12.1. The van der Waals surface area contributed by atoms with Crippen LogP contribution in [0.25, 0.3) is 0 Å². The van der Waals surface area contributed by atoms with Crippen LogP contribution in [-0.4, -0.2) is 44.4 Å². The molecular weight excluding hydrogens is 300 g/mol. The first-order valence-corrected chi connectivity index (χ1v) is 7.91. The normalized spacial score (nSPS) is 34.4. The van der Waals surface area contributed by atoms with E-state index in [9.17, 15) is 18.0 Å². The van der Waals surface area contributed by atoms with Crippen molar-refractivity contribution in [1.29, 1.82) is 0 Å². The van der Waals surface area contributed by atoms with Gasteiger partial charge in [-0.05, 0) is 12.5 Å². The Morgan fingerprint density at radius 3 is 2.86 bits per heavy atom. The summed E-state index contributed by atoms with van der Waals surface area (Å²) in [4.78, 5) is 22.9. The van der Waals surface area contributed by atoms with E-state index in [4.69, 9.17) is 8.92 Å². The zero-order valence-electron chi connectivity index (χ0n) is 11.3. The maximum absolute atomic E-state index is 11.9. The van der Waals surface area contributed by atoms with Gasteiger partial charge in [-0.3, -0.25) is 4.18 Å². The van der Waals surface area contributed by atoms with Crippen LogP contribution in [-0.2, 0) is 33.4 Å². The molecular formula is C13H14O7S. The summed E-state index contributed by atoms with van der Waals surface area (Å²) in [6.07, 6.45) is 1.06. The molecule has 7 nitrogen and oxygen atoms in total. The summed E-state index contributed by atoms with van der Waals surface area (Å²) in [5.74, 6) is -1.74. The first-order chi connectivity index (χ1) is 9.79. The monoisotopic (exact) mass is 314 g/mol. The Morgan fingerprint density at radius 1 is 1.48 bits per heavy atom. The summed E-state index contributed by atoms with van der Waals surface area (Å²) < 4.78 is 38.6. The molecule has 0 radical (unpaired) electrons. The lowest BCUT2D eigenvalue weighted by atomic mass is 9.93. The summed E-state index contributed by atoms with van der Waals surface area (Å²) in [5.41, 5.74) is 0.927. The van der Waals surface area contributed by atoms with Gasteiger partial charge in [-0.15, -0.1) is 0 Å². The Balaban J connectivity index is 1.64. The second kappa shape index (κ2) is 4.67. The highest BCUT2D eigenvalue weighted by molar-refractivity contribution is 7.87. The number of ether oxygens (including phenoxy) is 2. The van der Waals surface area contributed by atoms with E-state index in [2.05, 4.69) is 11.3 Å². The lowest BCUT2D eigenvalue weighted by Gasteiger charge is -2.24. The molecule has 1 aliphatic heterocycles. The van der Waals surface area contributed by atoms with E-state index in [0.29, 0.717) is 6.42 Å². The third kappa shape index (κ3) is 2.28. The summed E-state index contributed by atoms with van der Waals surface area (Å²) in [5, 5.41) is -0.868. The van der Waals surface area contributed by atoms with Gasteiger partial charge in [-0.2, -0.15) is 8.42 Å². The molecule has 0 spiro atoms. The van der Waals surface area contributed by atoms with Crippen molar-refractivity contribution in [2.24, 2.45) is 5.92 Å². The Hall–Kier alpha value is -1.67. The van der Waals surface area contributed by atoms with Crippen LogP contribution in [0.1, 0.15) is 13.3 Å². The minimum atomic E-state index is -3.72. The van der Waals surface area contributed by atoms with Crippen molar-refractivity contribution in [1.82, 2.24) is 0 Å². The quantitative estimate of drug-likeness (QED) is 0.314. The topological polar surface area (TPSA) is 96.0 Å². The Morgan fingerprint density at radius 2 is 2.19 bits per heavy atom. The first kappa shape index (κ1) is 14.3. The van der Waals surface area contributed by atoms with Gasteiger partial charge < -0.3 is 9.47 Å². The van der Waals surface area contributed by atoms with Crippen molar-refractivity contribution in [3.8, 4) is 0 Å². The lowest BCUT2D eigenvalue weighted by Crippen LogP contribution is -2.39. The molecule has 2 aliphatic carbocycles. The second-order valence-corrected chi connectivity index (χ2v) is 7.10. The van der Waals surface area contributed by atoms with Gasteiger partial charge in [0.05, 0.1) is 6.10 Å². The maximum atomic E-state index is 11.9. The molecule has 21 heavy (non-hydrogen) atoms. The van der Waals surface area contributed by atoms with Crippen LogP contribution < -0.4 is 0 Å². The van der Waals surface area contributed by atoms with Crippen LogP contribution in [0.4, 0.5) is 0 Å².